The number of nitro groups is 1. The summed E-state index contributed by atoms with van der Waals surface area (Å²) >= 11 is 0. The molecule has 0 aliphatic rings. The minimum absolute atomic E-state index is 0.0439. The molecule has 0 amide bonds. The summed E-state index contributed by atoms with van der Waals surface area (Å²) in [4.78, 5) is 22.5. The lowest BCUT2D eigenvalue weighted by molar-refractivity contribution is -0.384. The van der Waals surface area contributed by atoms with Crippen LogP contribution < -0.4 is 4.74 Å². The summed E-state index contributed by atoms with van der Waals surface area (Å²) in [6, 6.07) is 12.4. The molecule has 9 nitrogen and oxygen atoms in total. The molecule has 1 atom stereocenters. The number of methoxy groups -OCH3 is 1. The fraction of sp³-hybridized carbons (Fsp3) is 0.167. The van der Waals surface area contributed by atoms with Crippen LogP contribution in [0.3, 0.4) is 0 Å². The van der Waals surface area contributed by atoms with Crippen molar-refractivity contribution in [1.82, 2.24) is 10.2 Å². The van der Waals surface area contributed by atoms with Gasteiger partial charge in [-0.3, -0.25) is 10.1 Å². The van der Waals surface area contributed by atoms with Crippen LogP contribution in [0.2, 0.25) is 0 Å². The third-order valence-corrected chi connectivity index (χ3v) is 3.72. The number of esters is 1. The molecule has 0 N–H and O–H groups in total. The first kappa shape index (κ1) is 18.1. The zero-order valence-electron chi connectivity index (χ0n) is 14.5. The van der Waals surface area contributed by atoms with Gasteiger partial charge in [-0.25, -0.2) is 4.79 Å². The predicted molar refractivity (Wildman–Crippen MR) is 93.2 cm³/mol. The second-order valence-electron chi connectivity index (χ2n) is 5.50. The van der Waals surface area contributed by atoms with Gasteiger partial charge >= 0.3 is 5.97 Å². The first-order chi connectivity index (χ1) is 13.0. The van der Waals surface area contributed by atoms with E-state index in [0.717, 1.165) is 0 Å². The summed E-state index contributed by atoms with van der Waals surface area (Å²) in [6.45, 7) is 1.60. The first-order valence-corrected chi connectivity index (χ1v) is 7.92. The van der Waals surface area contributed by atoms with Gasteiger partial charge in [0, 0.05) is 17.7 Å². The van der Waals surface area contributed by atoms with Gasteiger partial charge in [-0.2, -0.15) is 0 Å². The highest BCUT2D eigenvalue weighted by Gasteiger charge is 2.22. The van der Waals surface area contributed by atoms with E-state index in [0.29, 0.717) is 11.3 Å². The number of non-ortho nitro benzene ring substituents is 1. The Kier molecular flexibility index (Phi) is 5.11. The number of nitro benzene ring substituents is 1. The summed E-state index contributed by atoms with van der Waals surface area (Å²) in [5, 5.41) is 18.5. The normalized spacial score (nSPS) is 11.6. The number of benzene rings is 2. The Labute approximate surface area is 153 Å². The molecule has 0 aliphatic heterocycles. The number of carbonyl (C=O) groups excluding carboxylic acids is 1. The molecular weight excluding hydrogens is 354 g/mol. The summed E-state index contributed by atoms with van der Waals surface area (Å²) in [5.74, 6) is 0.0773. The molecule has 0 aliphatic carbocycles. The maximum absolute atomic E-state index is 12.3. The van der Waals surface area contributed by atoms with Crippen LogP contribution in [-0.2, 0) is 4.74 Å². The van der Waals surface area contributed by atoms with E-state index < -0.39 is 17.0 Å². The molecule has 0 fully saturated rings. The molecule has 9 heteroatoms. The Morgan fingerprint density at radius 2 is 1.85 bits per heavy atom. The van der Waals surface area contributed by atoms with Crippen LogP contribution in [0.25, 0.3) is 11.5 Å². The smallest absolute Gasteiger partial charge is 0.342 e. The van der Waals surface area contributed by atoms with Crippen LogP contribution in [0.5, 0.6) is 5.75 Å². The van der Waals surface area contributed by atoms with E-state index in [9.17, 15) is 14.9 Å². The van der Waals surface area contributed by atoms with Gasteiger partial charge in [-0.05, 0) is 31.2 Å². The van der Waals surface area contributed by atoms with Crippen molar-refractivity contribution in [1.29, 1.82) is 0 Å². The number of carbonyl (C=O) groups is 1. The highest BCUT2D eigenvalue weighted by atomic mass is 16.6. The number of rotatable bonds is 6. The van der Waals surface area contributed by atoms with E-state index in [1.807, 2.05) is 0 Å². The Balaban J connectivity index is 1.74. The topological polar surface area (TPSA) is 118 Å². The summed E-state index contributed by atoms with van der Waals surface area (Å²) in [7, 11) is 1.46. The monoisotopic (exact) mass is 369 g/mol. The molecule has 3 rings (SSSR count). The molecule has 0 radical (unpaired) electrons. The molecule has 3 aromatic rings. The molecule has 1 heterocycles. The molecule has 0 bridgehead atoms. The van der Waals surface area contributed by atoms with Gasteiger partial charge in [0.05, 0.1) is 12.0 Å². The van der Waals surface area contributed by atoms with E-state index in [-0.39, 0.29) is 23.0 Å². The minimum Gasteiger partial charge on any atom is -0.496 e. The highest BCUT2D eigenvalue weighted by molar-refractivity contribution is 5.92. The van der Waals surface area contributed by atoms with Crippen molar-refractivity contribution >= 4 is 11.7 Å². The number of aromatic nitrogens is 2. The maximum Gasteiger partial charge on any atom is 0.342 e. The Morgan fingerprint density at radius 3 is 2.52 bits per heavy atom. The summed E-state index contributed by atoms with van der Waals surface area (Å²) < 4.78 is 16.0. The number of ether oxygens (including phenoxy) is 2. The second kappa shape index (κ2) is 7.65. The van der Waals surface area contributed by atoms with Gasteiger partial charge in [-0.15, -0.1) is 10.2 Å². The van der Waals surface area contributed by atoms with E-state index in [2.05, 4.69) is 10.2 Å². The average Bonchev–Trinajstić information content (AvgIpc) is 3.18. The van der Waals surface area contributed by atoms with Gasteiger partial charge in [0.1, 0.15) is 11.3 Å². The molecule has 0 saturated heterocycles. The van der Waals surface area contributed by atoms with Gasteiger partial charge in [0.15, 0.2) is 6.10 Å². The first-order valence-electron chi connectivity index (χ1n) is 7.92. The van der Waals surface area contributed by atoms with Crippen LogP contribution in [0, 0.1) is 10.1 Å². The largest absolute Gasteiger partial charge is 0.496 e. The van der Waals surface area contributed by atoms with E-state index in [1.54, 1.807) is 31.2 Å². The molecule has 2 aromatic carbocycles. The molecule has 27 heavy (non-hydrogen) atoms. The quantitative estimate of drug-likeness (QED) is 0.368. The van der Waals surface area contributed by atoms with Crippen LogP contribution >= 0.6 is 0 Å². The fourth-order valence-electron chi connectivity index (χ4n) is 2.33. The van der Waals surface area contributed by atoms with E-state index in [4.69, 9.17) is 13.9 Å². The summed E-state index contributed by atoms with van der Waals surface area (Å²) in [5.41, 5.74) is 0.752. The lowest BCUT2D eigenvalue weighted by atomic mass is 10.2. The van der Waals surface area contributed by atoms with Gasteiger partial charge in [0.25, 0.3) is 11.6 Å². The number of nitrogens with zero attached hydrogens (tertiary/aromatic N) is 3. The van der Waals surface area contributed by atoms with Crippen molar-refractivity contribution in [3.63, 3.8) is 0 Å². The van der Waals surface area contributed by atoms with Gasteiger partial charge < -0.3 is 13.9 Å². The summed E-state index contributed by atoms with van der Waals surface area (Å²) in [6.07, 6.45) is -0.790. The zero-order chi connectivity index (χ0) is 19.4. The fourth-order valence-corrected chi connectivity index (χ4v) is 2.33. The Bertz CT molecular complexity index is 967. The lowest BCUT2D eigenvalue weighted by Gasteiger charge is -2.11. The third kappa shape index (κ3) is 3.92. The van der Waals surface area contributed by atoms with Crippen LogP contribution in [0.1, 0.15) is 29.3 Å². The second-order valence-corrected chi connectivity index (χ2v) is 5.50. The standard InChI is InChI=1S/C18H15N3O6/c1-11(26-18(22)14-5-3-4-6-15(14)25-2)16-19-20-17(27-16)12-7-9-13(10-8-12)21(23)24/h3-11H,1-2H3/t11-/m0/s1. The average molecular weight is 369 g/mol. The number of hydrogen-bond donors (Lipinski definition) is 0. The molecule has 1 aromatic heterocycles. The van der Waals surface area contributed by atoms with Crippen LogP contribution in [0.4, 0.5) is 5.69 Å². The predicted octanol–water partition coefficient (Wildman–Crippen LogP) is 3.57. The van der Waals surface area contributed by atoms with Crippen molar-refractivity contribution in [2.45, 2.75) is 13.0 Å². The Hall–Kier alpha value is -3.75. The van der Waals surface area contributed by atoms with E-state index >= 15 is 0 Å². The molecular formula is C18H15N3O6. The van der Waals surface area contributed by atoms with Crippen molar-refractivity contribution in [2.24, 2.45) is 0 Å². The molecule has 0 spiro atoms. The van der Waals surface area contributed by atoms with Gasteiger partial charge in [-0.1, -0.05) is 12.1 Å². The minimum atomic E-state index is -0.790. The van der Waals surface area contributed by atoms with Gasteiger partial charge in [0.2, 0.25) is 5.89 Å². The highest BCUT2D eigenvalue weighted by Crippen LogP contribution is 2.26. The van der Waals surface area contributed by atoms with Crippen molar-refractivity contribution in [3.8, 4) is 17.2 Å². The number of hydrogen-bond acceptors (Lipinski definition) is 8. The Morgan fingerprint density at radius 1 is 1.15 bits per heavy atom. The van der Waals surface area contributed by atoms with Crippen molar-refractivity contribution in [3.05, 3.63) is 70.1 Å². The number of para-hydroxylation sites is 1. The van der Waals surface area contributed by atoms with Crippen molar-refractivity contribution in [2.75, 3.05) is 7.11 Å². The van der Waals surface area contributed by atoms with E-state index in [1.165, 1.54) is 31.4 Å². The van der Waals surface area contributed by atoms with Crippen LogP contribution in [-0.4, -0.2) is 28.2 Å². The zero-order valence-corrected chi connectivity index (χ0v) is 14.5. The lowest BCUT2D eigenvalue weighted by Crippen LogP contribution is -2.10. The van der Waals surface area contributed by atoms with Crippen molar-refractivity contribution < 1.29 is 23.6 Å². The van der Waals surface area contributed by atoms with Crippen LogP contribution in [0.15, 0.2) is 52.9 Å². The molecule has 0 unspecified atom stereocenters. The SMILES string of the molecule is COc1ccccc1C(=O)O[C@@H](C)c1nnc(-c2ccc([N+](=O)[O-])cc2)o1. The maximum atomic E-state index is 12.3. The molecule has 0 saturated carbocycles. The third-order valence-electron chi connectivity index (χ3n) is 3.72. The molecule has 138 valence electrons.